The lowest BCUT2D eigenvalue weighted by Crippen LogP contribution is -2.12. The molecule has 19 heavy (non-hydrogen) atoms. The molecule has 0 spiro atoms. The first-order valence-electron chi connectivity index (χ1n) is 4.93. The van der Waals surface area contributed by atoms with Gasteiger partial charge in [0.2, 0.25) is 5.82 Å². The largest absolute Gasteiger partial charge is 0.375 e. The van der Waals surface area contributed by atoms with Crippen molar-refractivity contribution >= 4 is 33.8 Å². The lowest BCUT2D eigenvalue weighted by Gasteiger charge is -2.03. The van der Waals surface area contributed by atoms with Crippen LogP contribution >= 0.6 is 11.3 Å². The van der Waals surface area contributed by atoms with E-state index in [9.17, 15) is 19.3 Å². The van der Waals surface area contributed by atoms with Gasteiger partial charge < -0.3 is 11.1 Å². The predicted octanol–water partition coefficient (Wildman–Crippen LogP) is 2.02. The molecule has 2 aromatic rings. The van der Waals surface area contributed by atoms with Crippen molar-refractivity contribution in [1.29, 1.82) is 0 Å². The zero-order chi connectivity index (χ0) is 14.0. The molecule has 0 aliphatic rings. The second-order valence-corrected chi connectivity index (χ2v) is 4.34. The molecule has 1 aromatic carbocycles. The Morgan fingerprint density at radius 3 is 2.84 bits per heavy atom. The number of carbonyl (C=O) groups excluding carboxylic acids is 1. The third-order valence-electron chi connectivity index (χ3n) is 2.16. The van der Waals surface area contributed by atoms with E-state index in [1.54, 1.807) is 0 Å². The molecular weight excluding hydrogens is 275 g/mol. The monoisotopic (exact) mass is 282 g/mol. The first-order valence-corrected chi connectivity index (χ1v) is 5.81. The summed E-state index contributed by atoms with van der Waals surface area (Å²) in [6, 6.07) is 3.06. The number of thiazole rings is 1. The summed E-state index contributed by atoms with van der Waals surface area (Å²) in [7, 11) is 0. The quantitative estimate of drug-likeness (QED) is 0.660. The number of aromatic nitrogens is 1. The zero-order valence-electron chi connectivity index (χ0n) is 9.29. The number of nitrogen functional groups attached to an aromatic ring is 1. The lowest BCUT2D eigenvalue weighted by molar-refractivity contribution is -0.387. The van der Waals surface area contributed by atoms with Gasteiger partial charge in [-0.3, -0.25) is 14.9 Å². The minimum atomic E-state index is -0.971. The SMILES string of the molecule is Nc1nc(C(=O)Nc2ccc(F)c([N+](=O)[O-])c2)cs1. The van der Waals surface area contributed by atoms with E-state index < -0.39 is 22.3 Å². The maximum atomic E-state index is 13.1. The van der Waals surface area contributed by atoms with E-state index in [1.807, 2.05) is 0 Å². The molecule has 1 heterocycles. The summed E-state index contributed by atoms with van der Waals surface area (Å²) >= 11 is 1.09. The van der Waals surface area contributed by atoms with Gasteiger partial charge in [0.1, 0.15) is 5.69 Å². The fourth-order valence-electron chi connectivity index (χ4n) is 1.32. The van der Waals surface area contributed by atoms with Gasteiger partial charge in [-0.15, -0.1) is 11.3 Å². The highest BCUT2D eigenvalue weighted by Gasteiger charge is 2.16. The number of nitrogens with one attached hydrogen (secondary N) is 1. The number of rotatable bonds is 3. The number of anilines is 2. The summed E-state index contributed by atoms with van der Waals surface area (Å²) in [6.45, 7) is 0. The molecule has 0 aliphatic heterocycles. The topological polar surface area (TPSA) is 111 Å². The zero-order valence-corrected chi connectivity index (χ0v) is 10.1. The Balaban J connectivity index is 2.22. The Bertz CT molecular complexity index is 658. The van der Waals surface area contributed by atoms with E-state index in [4.69, 9.17) is 5.73 Å². The molecule has 0 saturated heterocycles. The van der Waals surface area contributed by atoms with Crippen LogP contribution < -0.4 is 11.1 Å². The van der Waals surface area contributed by atoms with Crippen LogP contribution in [-0.2, 0) is 0 Å². The van der Waals surface area contributed by atoms with E-state index in [-0.39, 0.29) is 16.5 Å². The van der Waals surface area contributed by atoms with Crippen LogP contribution in [0.1, 0.15) is 10.5 Å². The Labute approximate surface area is 110 Å². The van der Waals surface area contributed by atoms with Crippen molar-refractivity contribution in [3.05, 3.63) is 45.2 Å². The Morgan fingerprint density at radius 1 is 1.53 bits per heavy atom. The molecule has 0 saturated carbocycles. The molecule has 0 radical (unpaired) electrons. The maximum absolute atomic E-state index is 13.1. The van der Waals surface area contributed by atoms with Gasteiger partial charge in [0.15, 0.2) is 5.13 Å². The number of benzene rings is 1. The average Bonchev–Trinajstić information content (AvgIpc) is 2.78. The molecule has 3 N–H and O–H groups in total. The minimum Gasteiger partial charge on any atom is -0.375 e. The Hall–Kier alpha value is -2.55. The molecule has 0 atom stereocenters. The molecule has 7 nitrogen and oxygen atoms in total. The number of nitrogens with two attached hydrogens (primary N) is 1. The van der Waals surface area contributed by atoms with E-state index in [2.05, 4.69) is 10.3 Å². The molecule has 0 fully saturated rings. The van der Waals surface area contributed by atoms with Gasteiger partial charge in [-0.25, -0.2) is 4.98 Å². The first kappa shape index (κ1) is 12.9. The van der Waals surface area contributed by atoms with Gasteiger partial charge in [0, 0.05) is 17.1 Å². The molecule has 1 aromatic heterocycles. The fraction of sp³-hybridized carbons (Fsp3) is 0. The highest BCUT2D eigenvalue weighted by molar-refractivity contribution is 7.13. The van der Waals surface area contributed by atoms with Crippen LogP contribution in [0.15, 0.2) is 23.6 Å². The number of carbonyl (C=O) groups is 1. The number of nitro groups is 1. The average molecular weight is 282 g/mol. The summed E-state index contributed by atoms with van der Waals surface area (Å²) in [5.74, 6) is -1.55. The second kappa shape index (κ2) is 4.98. The molecular formula is C10H7FN4O3S. The van der Waals surface area contributed by atoms with Crippen LogP contribution in [0, 0.1) is 15.9 Å². The predicted molar refractivity (Wildman–Crippen MR) is 67.5 cm³/mol. The normalized spacial score (nSPS) is 10.2. The standard InChI is InChI=1S/C10H7FN4O3S/c11-6-2-1-5(3-8(6)15(17)18)13-9(16)7-4-19-10(12)14-7/h1-4H,(H2,12,14)(H,13,16). The fourth-order valence-corrected chi connectivity index (χ4v) is 1.86. The van der Waals surface area contributed by atoms with Gasteiger partial charge in [0.25, 0.3) is 5.91 Å². The highest BCUT2D eigenvalue weighted by Crippen LogP contribution is 2.22. The van der Waals surface area contributed by atoms with Crippen LogP contribution in [0.4, 0.5) is 20.9 Å². The number of halogens is 1. The maximum Gasteiger partial charge on any atom is 0.306 e. The number of nitro benzene ring substituents is 1. The Morgan fingerprint density at radius 2 is 2.26 bits per heavy atom. The smallest absolute Gasteiger partial charge is 0.306 e. The van der Waals surface area contributed by atoms with Crippen molar-refractivity contribution in [2.75, 3.05) is 11.1 Å². The van der Waals surface area contributed by atoms with Crippen molar-refractivity contribution in [3.8, 4) is 0 Å². The summed E-state index contributed by atoms with van der Waals surface area (Å²) in [4.78, 5) is 25.2. The summed E-state index contributed by atoms with van der Waals surface area (Å²) < 4.78 is 13.1. The number of hydrogen-bond donors (Lipinski definition) is 2. The molecule has 9 heteroatoms. The van der Waals surface area contributed by atoms with E-state index in [0.29, 0.717) is 0 Å². The second-order valence-electron chi connectivity index (χ2n) is 3.45. The van der Waals surface area contributed by atoms with Crippen LogP contribution in [0.5, 0.6) is 0 Å². The van der Waals surface area contributed by atoms with Crippen molar-refractivity contribution < 1.29 is 14.1 Å². The number of hydrogen-bond acceptors (Lipinski definition) is 6. The summed E-state index contributed by atoms with van der Waals surface area (Å²) in [5.41, 5.74) is 4.86. The molecule has 0 bridgehead atoms. The van der Waals surface area contributed by atoms with Gasteiger partial charge in [-0.2, -0.15) is 4.39 Å². The van der Waals surface area contributed by atoms with Crippen LogP contribution in [0.25, 0.3) is 0 Å². The molecule has 0 unspecified atom stereocenters. The van der Waals surface area contributed by atoms with Gasteiger partial charge in [-0.05, 0) is 12.1 Å². The number of nitrogens with zero attached hydrogens (tertiary/aromatic N) is 2. The third-order valence-corrected chi connectivity index (χ3v) is 2.83. The minimum absolute atomic E-state index is 0.0921. The number of amides is 1. The van der Waals surface area contributed by atoms with E-state index in [1.165, 1.54) is 11.4 Å². The molecule has 0 aliphatic carbocycles. The molecule has 98 valence electrons. The van der Waals surface area contributed by atoms with Crippen molar-refractivity contribution in [1.82, 2.24) is 4.98 Å². The lowest BCUT2D eigenvalue weighted by atomic mass is 10.2. The van der Waals surface area contributed by atoms with Crippen molar-refractivity contribution in [3.63, 3.8) is 0 Å². The van der Waals surface area contributed by atoms with Crippen LogP contribution in [0.2, 0.25) is 0 Å². The van der Waals surface area contributed by atoms with Crippen molar-refractivity contribution in [2.24, 2.45) is 0 Å². The van der Waals surface area contributed by atoms with Gasteiger partial charge in [-0.1, -0.05) is 0 Å². The van der Waals surface area contributed by atoms with Crippen molar-refractivity contribution in [2.45, 2.75) is 0 Å². The van der Waals surface area contributed by atoms with Crippen LogP contribution in [0.3, 0.4) is 0 Å². The highest BCUT2D eigenvalue weighted by atomic mass is 32.1. The van der Waals surface area contributed by atoms with E-state index in [0.717, 1.165) is 23.5 Å². The van der Waals surface area contributed by atoms with Gasteiger partial charge >= 0.3 is 5.69 Å². The van der Waals surface area contributed by atoms with Crippen LogP contribution in [-0.4, -0.2) is 15.8 Å². The summed E-state index contributed by atoms with van der Waals surface area (Å²) in [6.07, 6.45) is 0. The van der Waals surface area contributed by atoms with E-state index >= 15 is 0 Å². The first-order chi connectivity index (χ1) is 8.97. The van der Waals surface area contributed by atoms with Gasteiger partial charge in [0.05, 0.1) is 4.92 Å². The molecule has 2 rings (SSSR count). The molecule has 1 amide bonds. The Kier molecular flexibility index (Phi) is 3.38. The third kappa shape index (κ3) is 2.83. The summed E-state index contributed by atoms with van der Waals surface area (Å²) in [5, 5.41) is 14.6.